The molecular weight excluding hydrogens is 656 g/mol. The summed E-state index contributed by atoms with van der Waals surface area (Å²) in [6, 6.07) is 14.1. The predicted molar refractivity (Wildman–Crippen MR) is 143 cm³/mol. The number of aryl methyl sites for hydroxylation is 1. The molecule has 0 radical (unpaired) electrons. The van der Waals surface area contributed by atoms with Crippen molar-refractivity contribution in [2.24, 2.45) is 0 Å². The Balaban J connectivity index is 1.54. The lowest BCUT2D eigenvalue weighted by Crippen LogP contribution is -2.11. The highest BCUT2D eigenvalue weighted by molar-refractivity contribution is 14.1. The first-order chi connectivity index (χ1) is 15.0. The number of hydrogen-bond donors (Lipinski definition) is 1. The van der Waals surface area contributed by atoms with Gasteiger partial charge in [0.05, 0.1) is 17.1 Å². The van der Waals surface area contributed by atoms with Crippen molar-refractivity contribution in [2.45, 2.75) is 25.9 Å². The molecule has 9 heteroatoms. The Morgan fingerprint density at radius 1 is 1.16 bits per heavy atom. The lowest BCUT2D eigenvalue weighted by molar-refractivity contribution is -0.114. The summed E-state index contributed by atoms with van der Waals surface area (Å²) in [7, 11) is 0. The van der Waals surface area contributed by atoms with Crippen LogP contribution >= 0.6 is 68.3 Å². The maximum atomic E-state index is 13.0. The summed E-state index contributed by atoms with van der Waals surface area (Å²) in [6.07, 6.45) is 2.63. The molecule has 4 rings (SSSR count). The molecule has 0 spiro atoms. The van der Waals surface area contributed by atoms with Crippen LogP contribution in [0.1, 0.15) is 34.0 Å². The van der Waals surface area contributed by atoms with E-state index in [1.807, 2.05) is 55.5 Å². The molecule has 1 atom stereocenters. The zero-order valence-electron chi connectivity index (χ0n) is 16.4. The van der Waals surface area contributed by atoms with Crippen molar-refractivity contribution in [2.75, 3.05) is 0 Å². The quantitative estimate of drug-likeness (QED) is 0.246. The van der Waals surface area contributed by atoms with E-state index in [9.17, 15) is 4.79 Å². The number of nitrogens with one attached hydrogen (secondary N) is 1. The summed E-state index contributed by atoms with van der Waals surface area (Å²) in [5.74, 6) is 0.132. The smallest absolute Gasteiger partial charge is 0.186 e. The number of carbonyl (C=O) groups excluding carboxylic acids is 1. The average Bonchev–Trinajstić information content (AvgIpc) is 3.32. The molecule has 0 amide bonds. The van der Waals surface area contributed by atoms with E-state index in [2.05, 4.69) is 55.4 Å². The number of ether oxygens (including phenoxy) is 1. The van der Waals surface area contributed by atoms with Gasteiger partial charge in [0.2, 0.25) is 0 Å². The van der Waals surface area contributed by atoms with E-state index in [1.54, 1.807) is 0 Å². The third-order valence-corrected chi connectivity index (χ3v) is 8.29. The SMILES string of the molecule is CCc1nnc([C@H]2C(=N)S/C(=C\c3cc(I)c(OCc4ccccc4)c(I)c3)C2=O)s1. The summed E-state index contributed by atoms with van der Waals surface area (Å²) >= 11 is 7.14. The number of thioether (sulfide) groups is 1. The van der Waals surface area contributed by atoms with Gasteiger partial charge >= 0.3 is 0 Å². The molecule has 2 heterocycles. The van der Waals surface area contributed by atoms with Crippen LogP contribution in [0.5, 0.6) is 5.75 Å². The second-order valence-electron chi connectivity index (χ2n) is 6.75. The molecule has 1 aliphatic heterocycles. The largest absolute Gasteiger partial charge is 0.487 e. The van der Waals surface area contributed by atoms with E-state index in [4.69, 9.17) is 10.1 Å². The van der Waals surface area contributed by atoms with Crippen LogP contribution in [0.4, 0.5) is 0 Å². The first-order valence-electron chi connectivity index (χ1n) is 9.46. The predicted octanol–water partition coefficient (Wildman–Crippen LogP) is 6.31. The molecule has 0 saturated carbocycles. The molecule has 1 aromatic heterocycles. The van der Waals surface area contributed by atoms with E-state index in [0.29, 0.717) is 21.6 Å². The Kier molecular flexibility index (Phi) is 7.44. The maximum absolute atomic E-state index is 13.0. The zero-order valence-corrected chi connectivity index (χ0v) is 22.3. The van der Waals surface area contributed by atoms with Crippen LogP contribution < -0.4 is 4.74 Å². The van der Waals surface area contributed by atoms with Gasteiger partial charge in [-0.15, -0.1) is 21.5 Å². The molecule has 3 aromatic rings. The number of benzene rings is 2. The van der Waals surface area contributed by atoms with Crippen molar-refractivity contribution >= 4 is 85.2 Å². The van der Waals surface area contributed by atoms with E-state index in [-0.39, 0.29) is 5.78 Å². The van der Waals surface area contributed by atoms with E-state index in [1.165, 1.54) is 23.1 Å². The fraction of sp³-hybridized carbons (Fsp3) is 0.182. The molecule has 1 N–H and O–H groups in total. The van der Waals surface area contributed by atoms with Gasteiger partial charge in [0.15, 0.2) is 5.78 Å². The number of halogens is 2. The standard InChI is InChI=1S/C22H17I2N3O2S2/c1-2-17-26-27-22(31-17)18-19(28)16(30-21(18)25)10-13-8-14(23)20(15(24)9-13)29-11-12-6-4-3-5-7-12/h3-10,18,25H,2,11H2,1H3/b16-10-,25-21?/t18-/m1/s1. The number of ketones is 1. The minimum atomic E-state index is -0.624. The van der Waals surface area contributed by atoms with Crippen molar-refractivity contribution in [3.63, 3.8) is 0 Å². The molecule has 0 aliphatic carbocycles. The third kappa shape index (κ3) is 5.20. The van der Waals surface area contributed by atoms with Crippen LogP contribution in [0, 0.1) is 12.5 Å². The van der Waals surface area contributed by atoms with Crippen LogP contribution in [0.3, 0.4) is 0 Å². The van der Waals surface area contributed by atoms with Gasteiger partial charge in [0, 0.05) is 0 Å². The van der Waals surface area contributed by atoms with Crippen LogP contribution in [0.15, 0.2) is 47.4 Å². The molecule has 1 aliphatic rings. The summed E-state index contributed by atoms with van der Waals surface area (Å²) in [6.45, 7) is 2.50. The zero-order chi connectivity index (χ0) is 22.0. The summed E-state index contributed by atoms with van der Waals surface area (Å²) in [5, 5.41) is 18.4. The molecule has 0 unspecified atom stereocenters. The van der Waals surface area contributed by atoms with Gasteiger partial charge < -0.3 is 4.74 Å². The van der Waals surface area contributed by atoms with Gasteiger partial charge in [0.1, 0.15) is 28.3 Å². The fourth-order valence-electron chi connectivity index (χ4n) is 3.02. The Morgan fingerprint density at radius 3 is 2.52 bits per heavy atom. The molecule has 5 nitrogen and oxygen atoms in total. The Hall–Kier alpha value is -1.31. The van der Waals surface area contributed by atoms with Gasteiger partial charge in [-0.1, -0.05) is 49.0 Å². The van der Waals surface area contributed by atoms with E-state index in [0.717, 1.165) is 35.4 Å². The van der Waals surface area contributed by atoms with Gasteiger partial charge in [0.25, 0.3) is 0 Å². The third-order valence-electron chi connectivity index (χ3n) is 4.56. The van der Waals surface area contributed by atoms with Crippen LogP contribution in [0.25, 0.3) is 6.08 Å². The molecule has 1 saturated heterocycles. The normalized spacial score (nSPS) is 17.5. The molecule has 2 aromatic carbocycles. The first-order valence-corrected chi connectivity index (χ1v) is 13.3. The van der Waals surface area contributed by atoms with Crippen molar-refractivity contribution < 1.29 is 9.53 Å². The average molecular weight is 673 g/mol. The van der Waals surface area contributed by atoms with Gasteiger partial charge in [-0.3, -0.25) is 10.2 Å². The summed E-state index contributed by atoms with van der Waals surface area (Å²) in [4.78, 5) is 13.6. The minimum Gasteiger partial charge on any atom is -0.487 e. The molecule has 1 fully saturated rings. The monoisotopic (exact) mass is 673 g/mol. The van der Waals surface area contributed by atoms with Crippen LogP contribution in [-0.2, 0) is 17.8 Å². The van der Waals surface area contributed by atoms with Crippen molar-refractivity contribution in [3.8, 4) is 5.75 Å². The molecule has 31 heavy (non-hydrogen) atoms. The second-order valence-corrected chi connectivity index (χ2v) is 11.2. The number of aromatic nitrogens is 2. The number of carbonyl (C=O) groups is 1. The van der Waals surface area contributed by atoms with Gasteiger partial charge in [-0.25, -0.2) is 0 Å². The highest BCUT2D eigenvalue weighted by atomic mass is 127. The summed E-state index contributed by atoms with van der Waals surface area (Å²) < 4.78 is 8.00. The van der Waals surface area contributed by atoms with E-state index >= 15 is 0 Å². The lowest BCUT2D eigenvalue weighted by atomic mass is 10.1. The Bertz CT molecular complexity index is 1160. The first kappa shape index (κ1) is 22.9. The Labute approximate surface area is 215 Å². The number of rotatable bonds is 6. The molecular formula is C22H17I2N3O2S2. The Morgan fingerprint density at radius 2 is 1.87 bits per heavy atom. The number of hydrogen-bond acceptors (Lipinski definition) is 7. The van der Waals surface area contributed by atoms with Crippen LogP contribution in [0.2, 0.25) is 0 Å². The number of allylic oxidation sites excluding steroid dienone is 1. The fourth-order valence-corrected chi connectivity index (χ4v) is 7.10. The maximum Gasteiger partial charge on any atom is 0.186 e. The lowest BCUT2D eigenvalue weighted by Gasteiger charge is -2.12. The molecule has 158 valence electrons. The van der Waals surface area contributed by atoms with E-state index < -0.39 is 5.92 Å². The highest BCUT2D eigenvalue weighted by Crippen LogP contribution is 2.42. The number of nitrogens with zero attached hydrogens (tertiary/aromatic N) is 2. The minimum absolute atomic E-state index is 0.0803. The van der Waals surface area contributed by atoms with Gasteiger partial charge in [-0.05, 0) is 80.9 Å². The summed E-state index contributed by atoms with van der Waals surface area (Å²) in [5.41, 5.74) is 2.03. The second kappa shape index (κ2) is 10.1. The topological polar surface area (TPSA) is 75.9 Å². The number of Topliss-reactive ketones (excluding diaryl/α,β-unsaturated/α-hetero) is 1. The van der Waals surface area contributed by atoms with Crippen molar-refractivity contribution in [1.82, 2.24) is 10.2 Å². The van der Waals surface area contributed by atoms with Crippen molar-refractivity contribution in [3.05, 3.63) is 75.7 Å². The van der Waals surface area contributed by atoms with Crippen molar-refractivity contribution in [1.29, 1.82) is 5.41 Å². The van der Waals surface area contributed by atoms with Gasteiger partial charge in [-0.2, -0.15) is 0 Å². The molecule has 0 bridgehead atoms. The van der Waals surface area contributed by atoms with Crippen LogP contribution in [-0.4, -0.2) is 21.0 Å². The highest BCUT2D eigenvalue weighted by Gasteiger charge is 2.39.